The van der Waals surface area contributed by atoms with Gasteiger partial charge in [0.05, 0.1) is 5.56 Å². The molecule has 3 nitrogen and oxygen atoms in total. The van der Waals surface area contributed by atoms with Gasteiger partial charge in [-0.15, -0.1) is 0 Å². The molecule has 0 atom stereocenters. The summed E-state index contributed by atoms with van der Waals surface area (Å²) in [6.45, 7) is 0.303. The van der Waals surface area contributed by atoms with Crippen LogP contribution in [-0.4, -0.2) is 17.9 Å². The highest BCUT2D eigenvalue weighted by molar-refractivity contribution is 6.30. The van der Waals surface area contributed by atoms with E-state index < -0.39 is 11.7 Å². The second-order valence-electron chi connectivity index (χ2n) is 4.48. The molecule has 1 amide bonds. The van der Waals surface area contributed by atoms with E-state index in [2.05, 4.69) is 0 Å². The minimum Gasteiger partial charge on any atom is -0.398 e. The summed E-state index contributed by atoms with van der Waals surface area (Å²) >= 11 is 5.79. The van der Waals surface area contributed by atoms with Gasteiger partial charge in [-0.2, -0.15) is 0 Å². The Hall–Kier alpha value is -2.07. The number of benzene rings is 2. The summed E-state index contributed by atoms with van der Waals surface area (Å²) in [6.07, 6.45) is 0. The first-order chi connectivity index (χ1) is 9.49. The smallest absolute Gasteiger partial charge is 0.256 e. The molecular weight excluding hydrogens is 279 g/mol. The Bertz CT molecular complexity index is 646. The summed E-state index contributed by atoms with van der Waals surface area (Å²) in [7, 11) is 1.59. The summed E-state index contributed by atoms with van der Waals surface area (Å²) in [5, 5.41) is 0.322. The Balaban J connectivity index is 2.21. The van der Waals surface area contributed by atoms with Crippen molar-refractivity contribution in [1.82, 2.24) is 4.90 Å². The molecule has 0 aliphatic rings. The zero-order valence-electron chi connectivity index (χ0n) is 10.9. The van der Waals surface area contributed by atoms with Gasteiger partial charge in [-0.3, -0.25) is 4.79 Å². The second-order valence-corrected chi connectivity index (χ2v) is 4.92. The fourth-order valence-corrected chi connectivity index (χ4v) is 2.04. The summed E-state index contributed by atoms with van der Waals surface area (Å²) in [6, 6.07) is 11.1. The number of nitrogens with zero attached hydrogens (tertiary/aromatic N) is 1. The molecule has 20 heavy (non-hydrogen) atoms. The first kappa shape index (κ1) is 14.3. The van der Waals surface area contributed by atoms with Crippen LogP contribution in [0.15, 0.2) is 42.5 Å². The van der Waals surface area contributed by atoms with Gasteiger partial charge in [0, 0.05) is 24.3 Å². The van der Waals surface area contributed by atoms with Crippen molar-refractivity contribution in [2.75, 3.05) is 12.8 Å². The molecule has 0 unspecified atom stereocenters. The second kappa shape index (κ2) is 5.92. The van der Waals surface area contributed by atoms with Gasteiger partial charge in [0.2, 0.25) is 0 Å². The zero-order chi connectivity index (χ0) is 14.7. The number of carbonyl (C=O) groups is 1. The third-order valence-electron chi connectivity index (χ3n) is 2.97. The monoisotopic (exact) mass is 292 g/mol. The van der Waals surface area contributed by atoms with Crippen LogP contribution >= 0.6 is 11.6 Å². The van der Waals surface area contributed by atoms with Gasteiger partial charge >= 0.3 is 0 Å². The van der Waals surface area contributed by atoms with Crippen LogP contribution in [-0.2, 0) is 6.54 Å². The van der Waals surface area contributed by atoms with Crippen molar-refractivity contribution in [3.63, 3.8) is 0 Å². The largest absolute Gasteiger partial charge is 0.398 e. The highest BCUT2D eigenvalue weighted by Gasteiger charge is 2.17. The van der Waals surface area contributed by atoms with Crippen molar-refractivity contribution in [2.24, 2.45) is 0 Å². The van der Waals surface area contributed by atoms with E-state index >= 15 is 0 Å². The molecule has 0 aromatic heterocycles. The maximum atomic E-state index is 13.7. The van der Waals surface area contributed by atoms with Crippen molar-refractivity contribution in [1.29, 1.82) is 0 Å². The van der Waals surface area contributed by atoms with Crippen LogP contribution in [0.4, 0.5) is 10.1 Å². The Labute approximate surface area is 121 Å². The molecular formula is C15H14ClFN2O. The first-order valence-corrected chi connectivity index (χ1v) is 6.40. The molecule has 0 aliphatic heterocycles. The van der Waals surface area contributed by atoms with Crippen molar-refractivity contribution in [3.8, 4) is 0 Å². The number of amides is 1. The fourth-order valence-electron chi connectivity index (χ4n) is 1.87. The van der Waals surface area contributed by atoms with Gasteiger partial charge in [0.15, 0.2) is 0 Å². The summed E-state index contributed by atoms with van der Waals surface area (Å²) in [4.78, 5) is 13.6. The van der Waals surface area contributed by atoms with Crippen molar-refractivity contribution in [3.05, 3.63) is 64.4 Å². The standard InChI is InChI=1S/C15H14ClFN2O/c1-19(9-10-4-2-3-5-14(10)18)15(20)12-8-11(16)6-7-13(12)17/h2-8H,9,18H2,1H3. The topological polar surface area (TPSA) is 46.3 Å². The van der Waals surface area contributed by atoms with Crippen LogP contribution in [0, 0.1) is 5.82 Å². The number of nitrogens with two attached hydrogens (primary N) is 1. The van der Waals surface area contributed by atoms with E-state index in [1.54, 1.807) is 13.1 Å². The van der Waals surface area contributed by atoms with E-state index in [0.717, 1.165) is 5.56 Å². The number of rotatable bonds is 3. The average Bonchev–Trinajstić information content (AvgIpc) is 2.43. The maximum Gasteiger partial charge on any atom is 0.256 e. The molecule has 0 fully saturated rings. The van der Waals surface area contributed by atoms with Gasteiger partial charge < -0.3 is 10.6 Å². The summed E-state index contributed by atoms with van der Waals surface area (Å²) in [5.74, 6) is -1.03. The third kappa shape index (κ3) is 3.08. The Morgan fingerprint density at radius 2 is 2.00 bits per heavy atom. The van der Waals surface area contributed by atoms with E-state index in [1.165, 1.54) is 23.1 Å². The maximum absolute atomic E-state index is 13.7. The predicted molar refractivity (Wildman–Crippen MR) is 78.1 cm³/mol. The van der Waals surface area contributed by atoms with Crippen molar-refractivity contribution >= 4 is 23.2 Å². The Kier molecular flexibility index (Phi) is 4.25. The molecule has 0 saturated carbocycles. The number of halogens is 2. The highest BCUT2D eigenvalue weighted by atomic mass is 35.5. The van der Waals surface area contributed by atoms with Crippen LogP contribution in [0.2, 0.25) is 5.02 Å². The lowest BCUT2D eigenvalue weighted by Gasteiger charge is -2.18. The molecule has 0 bridgehead atoms. The number of hydrogen-bond donors (Lipinski definition) is 1. The molecule has 0 aliphatic carbocycles. The number of hydrogen-bond acceptors (Lipinski definition) is 2. The predicted octanol–water partition coefficient (Wildman–Crippen LogP) is 3.33. The lowest BCUT2D eigenvalue weighted by Crippen LogP contribution is -2.27. The molecule has 2 aromatic rings. The highest BCUT2D eigenvalue weighted by Crippen LogP contribution is 2.18. The molecule has 104 valence electrons. The number of carbonyl (C=O) groups excluding carboxylic acids is 1. The molecule has 2 N–H and O–H groups in total. The first-order valence-electron chi connectivity index (χ1n) is 6.03. The van der Waals surface area contributed by atoms with E-state index in [0.29, 0.717) is 17.3 Å². The minimum absolute atomic E-state index is 0.0468. The van der Waals surface area contributed by atoms with Crippen LogP contribution in [0.5, 0.6) is 0 Å². The van der Waals surface area contributed by atoms with Crippen LogP contribution in [0.25, 0.3) is 0 Å². The van der Waals surface area contributed by atoms with E-state index in [9.17, 15) is 9.18 Å². The van der Waals surface area contributed by atoms with Gasteiger partial charge in [-0.05, 0) is 29.8 Å². The summed E-state index contributed by atoms with van der Waals surface area (Å²) in [5.41, 5.74) is 7.19. The van der Waals surface area contributed by atoms with Gasteiger partial charge in [-0.1, -0.05) is 29.8 Å². The normalized spacial score (nSPS) is 10.3. The third-order valence-corrected chi connectivity index (χ3v) is 3.20. The van der Waals surface area contributed by atoms with Gasteiger partial charge in [0.1, 0.15) is 5.82 Å². The van der Waals surface area contributed by atoms with Gasteiger partial charge in [-0.25, -0.2) is 4.39 Å². The number of nitrogen functional groups attached to an aromatic ring is 1. The molecule has 5 heteroatoms. The lowest BCUT2D eigenvalue weighted by molar-refractivity contribution is 0.0781. The molecule has 0 saturated heterocycles. The van der Waals surface area contributed by atoms with Crippen molar-refractivity contribution in [2.45, 2.75) is 6.54 Å². The van der Waals surface area contributed by atoms with Crippen LogP contribution in [0.3, 0.4) is 0 Å². The van der Waals surface area contributed by atoms with Gasteiger partial charge in [0.25, 0.3) is 5.91 Å². The van der Waals surface area contributed by atoms with Crippen molar-refractivity contribution < 1.29 is 9.18 Å². The molecule has 0 heterocycles. The Morgan fingerprint density at radius 1 is 1.30 bits per heavy atom. The fraction of sp³-hybridized carbons (Fsp3) is 0.133. The molecule has 0 radical (unpaired) electrons. The minimum atomic E-state index is -0.590. The van der Waals surface area contributed by atoms with Crippen LogP contribution < -0.4 is 5.73 Å². The lowest BCUT2D eigenvalue weighted by atomic mass is 10.1. The average molecular weight is 293 g/mol. The molecule has 2 aromatic carbocycles. The number of para-hydroxylation sites is 1. The quantitative estimate of drug-likeness (QED) is 0.882. The Morgan fingerprint density at radius 3 is 2.70 bits per heavy atom. The van der Waals surface area contributed by atoms with Crippen LogP contribution in [0.1, 0.15) is 15.9 Å². The summed E-state index contributed by atoms with van der Waals surface area (Å²) < 4.78 is 13.7. The zero-order valence-corrected chi connectivity index (χ0v) is 11.7. The molecule has 2 rings (SSSR count). The number of anilines is 1. The van der Waals surface area contributed by atoms with E-state index in [1.807, 2.05) is 18.2 Å². The van der Waals surface area contributed by atoms with E-state index in [4.69, 9.17) is 17.3 Å². The van der Waals surface area contributed by atoms with E-state index in [-0.39, 0.29) is 5.56 Å². The molecule has 0 spiro atoms. The SMILES string of the molecule is CN(Cc1ccccc1N)C(=O)c1cc(Cl)ccc1F.